The van der Waals surface area contributed by atoms with Gasteiger partial charge >= 0.3 is 13.6 Å². The van der Waals surface area contributed by atoms with Crippen molar-refractivity contribution >= 4 is 13.6 Å². The summed E-state index contributed by atoms with van der Waals surface area (Å²) in [5, 5.41) is 0. The van der Waals surface area contributed by atoms with Crippen molar-refractivity contribution < 1.29 is 33.7 Å². The van der Waals surface area contributed by atoms with E-state index in [1.54, 1.807) is 0 Å². The summed E-state index contributed by atoms with van der Waals surface area (Å²) in [7, 11) is -4.12. The third-order valence-electron chi connectivity index (χ3n) is 2.27. The van der Waals surface area contributed by atoms with Gasteiger partial charge in [0, 0.05) is 12.0 Å². The SMILES string of the molecule is C=C(C)C(=O)OC(CCCCC)OOCCP(=O)(O)O. The minimum atomic E-state index is -4.12. The Morgan fingerprint density at radius 3 is 2.50 bits per heavy atom. The van der Waals surface area contributed by atoms with Gasteiger partial charge < -0.3 is 14.5 Å². The van der Waals surface area contributed by atoms with Crippen LogP contribution in [-0.2, 0) is 23.9 Å². The molecule has 0 aliphatic carbocycles. The van der Waals surface area contributed by atoms with E-state index in [9.17, 15) is 9.36 Å². The van der Waals surface area contributed by atoms with Crippen molar-refractivity contribution in [2.75, 3.05) is 12.8 Å². The average molecular weight is 310 g/mol. The first-order chi connectivity index (χ1) is 9.26. The van der Waals surface area contributed by atoms with E-state index in [0.29, 0.717) is 6.42 Å². The van der Waals surface area contributed by atoms with Crippen LogP contribution in [0.5, 0.6) is 0 Å². The van der Waals surface area contributed by atoms with Crippen molar-refractivity contribution in [1.29, 1.82) is 0 Å². The molecule has 2 N–H and O–H groups in total. The Hall–Kier alpha value is -0.720. The first-order valence-corrected chi connectivity index (χ1v) is 8.25. The molecule has 118 valence electrons. The summed E-state index contributed by atoms with van der Waals surface area (Å²) in [6.45, 7) is 6.73. The van der Waals surface area contributed by atoms with Crippen LogP contribution in [0.1, 0.15) is 39.5 Å². The highest BCUT2D eigenvalue weighted by Crippen LogP contribution is 2.33. The highest BCUT2D eigenvalue weighted by Gasteiger charge is 2.18. The standard InChI is InChI=1S/C12H23O7P/c1-4-5-6-7-11(18-12(13)10(2)3)19-17-8-9-20(14,15)16/h11H,2,4-9H2,1,3H3,(H2,14,15,16). The molecule has 1 atom stereocenters. The molecule has 0 aromatic rings. The first-order valence-electron chi connectivity index (χ1n) is 6.45. The van der Waals surface area contributed by atoms with Gasteiger partial charge in [-0.25, -0.2) is 9.68 Å². The van der Waals surface area contributed by atoms with Gasteiger partial charge in [0.25, 0.3) is 0 Å². The smallest absolute Gasteiger partial charge is 0.335 e. The molecule has 0 aliphatic heterocycles. The summed E-state index contributed by atoms with van der Waals surface area (Å²) in [6, 6.07) is 0. The van der Waals surface area contributed by atoms with Gasteiger partial charge in [0.2, 0.25) is 6.29 Å². The van der Waals surface area contributed by atoms with E-state index in [0.717, 1.165) is 19.3 Å². The molecule has 0 heterocycles. The Balaban J connectivity index is 4.13. The zero-order chi connectivity index (χ0) is 15.6. The zero-order valence-electron chi connectivity index (χ0n) is 11.9. The lowest BCUT2D eigenvalue weighted by Gasteiger charge is -2.17. The third-order valence-corrected chi connectivity index (χ3v) is 3.04. The molecule has 0 amide bonds. The van der Waals surface area contributed by atoms with Crippen LogP contribution < -0.4 is 0 Å². The van der Waals surface area contributed by atoms with Crippen LogP contribution in [0.15, 0.2) is 12.2 Å². The van der Waals surface area contributed by atoms with Crippen LogP contribution in [-0.4, -0.2) is 34.8 Å². The molecule has 0 spiro atoms. The number of ether oxygens (including phenoxy) is 1. The van der Waals surface area contributed by atoms with Crippen LogP contribution in [0, 0.1) is 0 Å². The minimum Gasteiger partial charge on any atom is -0.430 e. The maximum Gasteiger partial charge on any atom is 0.335 e. The molecular formula is C12H23O7P. The molecule has 0 radical (unpaired) electrons. The quantitative estimate of drug-likeness (QED) is 0.115. The lowest BCUT2D eigenvalue weighted by molar-refractivity contribution is -0.368. The maximum absolute atomic E-state index is 11.4. The monoisotopic (exact) mass is 310 g/mol. The van der Waals surface area contributed by atoms with E-state index in [1.807, 2.05) is 6.92 Å². The van der Waals surface area contributed by atoms with Gasteiger partial charge in [0.15, 0.2) is 0 Å². The second-order valence-electron chi connectivity index (χ2n) is 4.42. The predicted octanol–water partition coefficient (Wildman–Crippen LogP) is 2.14. The van der Waals surface area contributed by atoms with Gasteiger partial charge in [-0.3, -0.25) is 4.57 Å². The Morgan fingerprint density at radius 1 is 1.35 bits per heavy atom. The summed E-state index contributed by atoms with van der Waals surface area (Å²) in [5.74, 6) is -0.593. The lowest BCUT2D eigenvalue weighted by atomic mass is 10.2. The first kappa shape index (κ1) is 19.3. The Kier molecular flexibility index (Phi) is 9.71. The Morgan fingerprint density at radius 2 is 2.00 bits per heavy atom. The number of unbranched alkanes of at least 4 members (excludes halogenated alkanes) is 2. The summed E-state index contributed by atoms with van der Waals surface area (Å²) in [4.78, 5) is 38.3. The number of hydrogen-bond donors (Lipinski definition) is 2. The largest absolute Gasteiger partial charge is 0.430 e. The van der Waals surface area contributed by atoms with Crippen LogP contribution in [0.4, 0.5) is 0 Å². The number of carbonyl (C=O) groups excluding carboxylic acids is 1. The third kappa shape index (κ3) is 11.1. The molecule has 0 aliphatic rings. The van der Waals surface area contributed by atoms with Crippen LogP contribution >= 0.6 is 7.60 Å². The Labute approximate surface area is 119 Å². The normalized spacial score (nSPS) is 13.0. The fraction of sp³-hybridized carbons (Fsp3) is 0.750. The fourth-order valence-corrected chi connectivity index (χ4v) is 1.50. The van der Waals surface area contributed by atoms with Crippen molar-refractivity contribution in [2.24, 2.45) is 0 Å². The number of carbonyl (C=O) groups is 1. The minimum absolute atomic E-state index is 0.240. The molecule has 7 nitrogen and oxygen atoms in total. The Bertz CT molecular complexity index is 350. The van der Waals surface area contributed by atoms with Gasteiger partial charge in [0.1, 0.15) is 0 Å². The van der Waals surface area contributed by atoms with Crippen LogP contribution in [0.25, 0.3) is 0 Å². The maximum atomic E-state index is 11.4. The molecular weight excluding hydrogens is 287 g/mol. The van der Waals surface area contributed by atoms with E-state index in [1.165, 1.54) is 6.92 Å². The topological polar surface area (TPSA) is 102 Å². The van der Waals surface area contributed by atoms with Gasteiger partial charge in [-0.2, -0.15) is 4.89 Å². The van der Waals surface area contributed by atoms with Gasteiger partial charge in [-0.05, 0) is 13.3 Å². The second-order valence-corrected chi connectivity index (χ2v) is 6.19. The molecule has 8 heteroatoms. The summed E-state index contributed by atoms with van der Waals surface area (Å²) in [6.07, 6.45) is 1.83. The number of esters is 1. The van der Waals surface area contributed by atoms with Crippen molar-refractivity contribution in [1.82, 2.24) is 0 Å². The molecule has 0 aromatic carbocycles. The summed E-state index contributed by atoms with van der Waals surface area (Å²) >= 11 is 0. The van der Waals surface area contributed by atoms with Crippen molar-refractivity contribution in [2.45, 2.75) is 45.8 Å². The average Bonchev–Trinajstić information content (AvgIpc) is 2.33. The predicted molar refractivity (Wildman–Crippen MR) is 72.8 cm³/mol. The summed E-state index contributed by atoms with van der Waals surface area (Å²) < 4.78 is 15.6. The second kappa shape index (κ2) is 10.1. The number of hydrogen-bond acceptors (Lipinski definition) is 5. The van der Waals surface area contributed by atoms with E-state index in [-0.39, 0.29) is 12.2 Å². The van der Waals surface area contributed by atoms with E-state index < -0.39 is 26.0 Å². The molecule has 1 unspecified atom stereocenters. The lowest BCUT2D eigenvalue weighted by Crippen LogP contribution is -2.22. The molecule has 0 aromatic heterocycles. The van der Waals surface area contributed by atoms with Crippen LogP contribution in [0.3, 0.4) is 0 Å². The molecule has 0 rings (SSSR count). The van der Waals surface area contributed by atoms with E-state index >= 15 is 0 Å². The van der Waals surface area contributed by atoms with E-state index in [2.05, 4.69) is 11.5 Å². The van der Waals surface area contributed by atoms with Crippen molar-refractivity contribution in [3.8, 4) is 0 Å². The molecule has 0 bridgehead atoms. The van der Waals surface area contributed by atoms with Gasteiger partial charge in [-0.15, -0.1) is 0 Å². The molecule has 0 saturated heterocycles. The molecule has 20 heavy (non-hydrogen) atoms. The molecule has 0 fully saturated rings. The fourth-order valence-electron chi connectivity index (χ4n) is 1.19. The highest BCUT2D eigenvalue weighted by molar-refractivity contribution is 7.51. The van der Waals surface area contributed by atoms with Crippen molar-refractivity contribution in [3.63, 3.8) is 0 Å². The van der Waals surface area contributed by atoms with E-state index in [4.69, 9.17) is 19.4 Å². The summed E-state index contributed by atoms with van der Waals surface area (Å²) in [5.41, 5.74) is 0.240. The number of rotatable bonds is 11. The van der Waals surface area contributed by atoms with Crippen molar-refractivity contribution in [3.05, 3.63) is 12.2 Å². The van der Waals surface area contributed by atoms with Gasteiger partial charge in [0.05, 0.1) is 12.8 Å². The molecule has 0 saturated carbocycles. The van der Waals surface area contributed by atoms with Gasteiger partial charge in [-0.1, -0.05) is 26.3 Å². The van der Waals surface area contributed by atoms with Crippen LogP contribution in [0.2, 0.25) is 0 Å². The zero-order valence-corrected chi connectivity index (χ0v) is 12.8. The highest BCUT2D eigenvalue weighted by atomic mass is 31.2.